The summed E-state index contributed by atoms with van der Waals surface area (Å²) in [6, 6.07) is 9.69. The molecular weight excluding hydrogens is 266 g/mol. The number of benzene rings is 1. The molecule has 4 N–H and O–H groups in total. The van der Waals surface area contributed by atoms with Crippen molar-refractivity contribution in [2.45, 2.75) is 45.2 Å². The highest BCUT2D eigenvalue weighted by Crippen LogP contribution is 2.08. The molecule has 1 rings (SSSR count). The van der Waals surface area contributed by atoms with Gasteiger partial charge in [-0.15, -0.1) is 0 Å². The summed E-state index contributed by atoms with van der Waals surface area (Å²) in [4.78, 5) is 23.5. The molecule has 0 saturated carbocycles. The molecule has 5 nitrogen and oxygen atoms in total. The number of nitrogens with two attached hydrogens (primary N) is 1. The van der Waals surface area contributed by atoms with Crippen LogP contribution in [-0.4, -0.2) is 23.9 Å². The normalized spacial score (nSPS) is 13.3. The van der Waals surface area contributed by atoms with Gasteiger partial charge in [0.05, 0.1) is 5.54 Å². The van der Waals surface area contributed by atoms with Crippen molar-refractivity contribution in [2.24, 2.45) is 5.73 Å². The van der Waals surface area contributed by atoms with Crippen molar-refractivity contribution in [3.63, 3.8) is 0 Å². The van der Waals surface area contributed by atoms with E-state index in [1.54, 1.807) is 6.92 Å². The number of amides is 2. The number of nitrogens with one attached hydrogen (secondary N) is 2. The lowest BCUT2D eigenvalue weighted by Crippen LogP contribution is -2.52. The lowest BCUT2D eigenvalue weighted by Gasteiger charge is -2.22. The van der Waals surface area contributed by atoms with E-state index < -0.39 is 5.54 Å². The van der Waals surface area contributed by atoms with Crippen LogP contribution in [0.5, 0.6) is 0 Å². The van der Waals surface area contributed by atoms with E-state index in [0.717, 1.165) is 12.0 Å². The molecule has 0 bridgehead atoms. The second kappa shape index (κ2) is 8.42. The van der Waals surface area contributed by atoms with E-state index in [2.05, 4.69) is 10.6 Å². The number of rotatable bonds is 8. The molecule has 0 aliphatic carbocycles. The first kappa shape index (κ1) is 17.2. The summed E-state index contributed by atoms with van der Waals surface area (Å²) < 4.78 is 0. The van der Waals surface area contributed by atoms with E-state index in [1.807, 2.05) is 37.3 Å². The third kappa shape index (κ3) is 6.40. The Morgan fingerprint density at radius 3 is 2.48 bits per heavy atom. The standard InChI is InChI=1S/C16H25N3O2/c1-3-10-16(2,17)15(21)18-11-9-14(20)19-12-13-7-5-4-6-8-13/h4-8H,3,9-12,17H2,1-2H3,(H,18,21)(H,19,20). The van der Waals surface area contributed by atoms with Gasteiger partial charge >= 0.3 is 0 Å². The zero-order valence-electron chi connectivity index (χ0n) is 12.8. The van der Waals surface area contributed by atoms with Gasteiger partial charge in [-0.1, -0.05) is 43.7 Å². The molecule has 0 radical (unpaired) electrons. The van der Waals surface area contributed by atoms with Gasteiger partial charge in [-0.3, -0.25) is 9.59 Å². The fourth-order valence-electron chi connectivity index (χ4n) is 2.01. The molecule has 2 amide bonds. The zero-order valence-corrected chi connectivity index (χ0v) is 12.8. The summed E-state index contributed by atoms with van der Waals surface area (Å²) >= 11 is 0. The lowest BCUT2D eigenvalue weighted by molar-refractivity contribution is -0.126. The Hall–Kier alpha value is -1.88. The van der Waals surface area contributed by atoms with Crippen LogP contribution in [0.15, 0.2) is 30.3 Å². The summed E-state index contributed by atoms with van der Waals surface area (Å²) in [7, 11) is 0. The summed E-state index contributed by atoms with van der Waals surface area (Å²) in [6.45, 7) is 4.49. The van der Waals surface area contributed by atoms with Crippen molar-refractivity contribution in [1.82, 2.24) is 10.6 Å². The summed E-state index contributed by atoms with van der Waals surface area (Å²) in [5.41, 5.74) is 6.09. The number of hydrogen-bond donors (Lipinski definition) is 3. The molecule has 1 aromatic rings. The van der Waals surface area contributed by atoms with Gasteiger partial charge in [0.2, 0.25) is 11.8 Å². The molecule has 0 saturated heterocycles. The number of carbonyl (C=O) groups is 2. The Morgan fingerprint density at radius 2 is 1.86 bits per heavy atom. The highest BCUT2D eigenvalue weighted by atomic mass is 16.2. The molecule has 116 valence electrons. The largest absolute Gasteiger partial charge is 0.354 e. The minimum atomic E-state index is -0.866. The van der Waals surface area contributed by atoms with Crippen molar-refractivity contribution in [2.75, 3.05) is 6.54 Å². The topological polar surface area (TPSA) is 84.2 Å². The van der Waals surface area contributed by atoms with Crippen LogP contribution in [0.25, 0.3) is 0 Å². The van der Waals surface area contributed by atoms with Gasteiger partial charge in [-0.2, -0.15) is 0 Å². The van der Waals surface area contributed by atoms with Gasteiger partial charge in [0, 0.05) is 19.5 Å². The number of carbonyl (C=O) groups excluding carboxylic acids is 2. The van der Waals surface area contributed by atoms with Crippen LogP contribution in [0.4, 0.5) is 0 Å². The molecule has 0 aliphatic rings. The smallest absolute Gasteiger partial charge is 0.239 e. The predicted octanol–water partition coefficient (Wildman–Crippen LogP) is 1.33. The highest BCUT2D eigenvalue weighted by Gasteiger charge is 2.26. The number of hydrogen-bond acceptors (Lipinski definition) is 3. The van der Waals surface area contributed by atoms with Crippen LogP contribution in [-0.2, 0) is 16.1 Å². The van der Waals surface area contributed by atoms with Gasteiger partial charge in [-0.05, 0) is 18.9 Å². The summed E-state index contributed by atoms with van der Waals surface area (Å²) in [5.74, 6) is -0.298. The van der Waals surface area contributed by atoms with Crippen molar-refractivity contribution in [3.05, 3.63) is 35.9 Å². The molecule has 0 aliphatic heterocycles. The Morgan fingerprint density at radius 1 is 1.19 bits per heavy atom. The van der Waals surface area contributed by atoms with Crippen LogP contribution < -0.4 is 16.4 Å². The van der Waals surface area contributed by atoms with Crippen LogP contribution in [0.1, 0.15) is 38.7 Å². The Labute approximate surface area is 126 Å². The molecule has 0 fully saturated rings. The van der Waals surface area contributed by atoms with Crippen LogP contribution in [0.2, 0.25) is 0 Å². The summed E-state index contributed by atoms with van der Waals surface area (Å²) in [6.07, 6.45) is 1.72. The maximum Gasteiger partial charge on any atom is 0.239 e. The van der Waals surface area contributed by atoms with Crippen molar-refractivity contribution >= 4 is 11.8 Å². The van der Waals surface area contributed by atoms with Crippen molar-refractivity contribution in [3.8, 4) is 0 Å². The van der Waals surface area contributed by atoms with Gasteiger partial charge in [0.15, 0.2) is 0 Å². The van der Waals surface area contributed by atoms with Crippen LogP contribution >= 0.6 is 0 Å². The first-order valence-electron chi connectivity index (χ1n) is 7.33. The predicted molar refractivity (Wildman–Crippen MR) is 83.4 cm³/mol. The fraction of sp³-hybridized carbons (Fsp3) is 0.500. The maximum absolute atomic E-state index is 11.8. The minimum Gasteiger partial charge on any atom is -0.354 e. The van der Waals surface area contributed by atoms with Crippen molar-refractivity contribution in [1.29, 1.82) is 0 Å². The molecule has 1 atom stereocenters. The van der Waals surface area contributed by atoms with E-state index in [-0.39, 0.29) is 18.2 Å². The van der Waals surface area contributed by atoms with E-state index in [1.165, 1.54) is 0 Å². The van der Waals surface area contributed by atoms with Crippen LogP contribution in [0.3, 0.4) is 0 Å². The molecule has 0 heterocycles. The second-order valence-electron chi connectivity index (χ2n) is 5.44. The van der Waals surface area contributed by atoms with E-state index >= 15 is 0 Å². The Kier molecular flexibility index (Phi) is 6.88. The average molecular weight is 291 g/mol. The minimum absolute atomic E-state index is 0.0895. The van der Waals surface area contributed by atoms with Gasteiger partial charge in [0.25, 0.3) is 0 Å². The molecule has 0 spiro atoms. The molecule has 21 heavy (non-hydrogen) atoms. The molecule has 5 heteroatoms. The quantitative estimate of drug-likeness (QED) is 0.675. The van der Waals surface area contributed by atoms with Gasteiger partial charge in [0.1, 0.15) is 0 Å². The van der Waals surface area contributed by atoms with E-state index in [4.69, 9.17) is 5.73 Å². The molecular formula is C16H25N3O2. The van der Waals surface area contributed by atoms with E-state index in [0.29, 0.717) is 19.5 Å². The average Bonchev–Trinajstić information content (AvgIpc) is 2.46. The SMILES string of the molecule is CCCC(C)(N)C(=O)NCCC(=O)NCc1ccccc1. The Balaban J connectivity index is 2.23. The van der Waals surface area contributed by atoms with Gasteiger partial charge < -0.3 is 16.4 Å². The lowest BCUT2D eigenvalue weighted by atomic mass is 9.96. The summed E-state index contributed by atoms with van der Waals surface area (Å²) in [5, 5.41) is 5.53. The van der Waals surface area contributed by atoms with Gasteiger partial charge in [-0.25, -0.2) is 0 Å². The van der Waals surface area contributed by atoms with Crippen molar-refractivity contribution < 1.29 is 9.59 Å². The van der Waals surface area contributed by atoms with Crippen LogP contribution in [0, 0.1) is 0 Å². The van der Waals surface area contributed by atoms with E-state index in [9.17, 15) is 9.59 Å². The third-order valence-corrected chi connectivity index (χ3v) is 3.26. The molecule has 0 aromatic heterocycles. The molecule has 1 aromatic carbocycles. The Bertz CT molecular complexity index is 458. The third-order valence-electron chi connectivity index (χ3n) is 3.26. The second-order valence-corrected chi connectivity index (χ2v) is 5.44. The molecule has 1 unspecified atom stereocenters. The maximum atomic E-state index is 11.8. The fourth-order valence-corrected chi connectivity index (χ4v) is 2.01. The first-order chi connectivity index (χ1) is 9.95. The highest BCUT2D eigenvalue weighted by molar-refractivity contribution is 5.86. The first-order valence-corrected chi connectivity index (χ1v) is 7.33. The zero-order chi connectivity index (χ0) is 15.7. The monoisotopic (exact) mass is 291 g/mol.